The van der Waals surface area contributed by atoms with E-state index in [1.807, 2.05) is 83.1 Å². The zero-order chi connectivity index (χ0) is 80.4. The van der Waals surface area contributed by atoms with E-state index in [0.717, 1.165) is 123 Å². The molecule has 1 aliphatic heterocycles. The van der Waals surface area contributed by atoms with Crippen molar-refractivity contribution < 1.29 is 61.8 Å². The van der Waals surface area contributed by atoms with E-state index in [2.05, 4.69) is 150 Å². The fourth-order valence-electron chi connectivity index (χ4n) is 10.2. The van der Waals surface area contributed by atoms with Gasteiger partial charge in [-0.2, -0.15) is 0 Å². The molecule has 2 amide bonds. The molecule has 1 heterocycles. The second kappa shape index (κ2) is 56.1. The number of carbonyl (C=O) groups is 4. The number of hydrogen-bond donors (Lipinski definition) is 3. The molecule has 0 aromatic rings. The summed E-state index contributed by atoms with van der Waals surface area (Å²) in [6.45, 7) is 82.4. The van der Waals surface area contributed by atoms with Crippen LogP contribution in [0.3, 0.4) is 0 Å². The Morgan fingerprint density at radius 2 is 0.702 bits per heavy atom. The van der Waals surface area contributed by atoms with Crippen LogP contribution in [0.4, 0.5) is 0 Å². The van der Waals surface area contributed by atoms with Crippen molar-refractivity contribution in [3.63, 3.8) is 0 Å². The number of ether oxygens (including phenoxy) is 9. The summed E-state index contributed by atoms with van der Waals surface area (Å²) in [6, 6.07) is 0. The zero-order valence-electron chi connectivity index (χ0n) is 74.1. The Morgan fingerprint density at radius 3 is 1.04 bits per heavy atom. The van der Waals surface area contributed by atoms with Gasteiger partial charge in [-0.05, 0) is 208 Å². The molecular weight excluding hydrogens is 1310 g/mol. The number of ketones is 2. The normalized spacial score (nSPS) is 16.0. The van der Waals surface area contributed by atoms with Gasteiger partial charge in [0.25, 0.3) is 0 Å². The second-order valence-electron chi connectivity index (χ2n) is 39.7. The van der Waals surface area contributed by atoms with Crippen LogP contribution in [0.2, 0.25) is 0 Å². The Morgan fingerprint density at radius 1 is 0.356 bits per heavy atom. The van der Waals surface area contributed by atoms with Crippen molar-refractivity contribution in [1.82, 2.24) is 25.8 Å². The lowest BCUT2D eigenvalue weighted by Crippen LogP contribution is -2.53. The first-order valence-corrected chi connectivity index (χ1v) is 40.8. The van der Waals surface area contributed by atoms with Crippen molar-refractivity contribution in [1.29, 1.82) is 0 Å². The average molecular weight is 1490 g/mol. The van der Waals surface area contributed by atoms with Crippen molar-refractivity contribution in [3.05, 3.63) is 0 Å². The molecule has 2 aliphatic rings. The first kappa shape index (κ1) is 106. The van der Waals surface area contributed by atoms with E-state index >= 15 is 0 Å². The summed E-state index contributed by atoms with van der Waals surface area (Å²) in [5.74, 6) is 1.07. The summed E-state index contributed by atoms with van der Waals surface area (Å²) in [6.07, 6.45) is 16.2. The van der Waals surface area contributed by atoms with Crippen molar-refractivity contribution in [2.24, 2.45) is 38.4 Å². The zero-order valence-corrected chi connectivity index (χ0v) is 74.1. The lowest BCUT2D eigenvalue weighted by molar-refractivity contribution is -0.134. The van der Waals surface area contributed by atoms with Crippen LogP contribution in [0.5, 0.6) is 0 Å². The van der Waals surface area contributed by atoms with Crippen molar-refractivity contribution in [3.8, 4) is 0 Å². The summed E-state index contributed by atoms with van der Waals surface area (Å²) in [5, 5.41) is 9.47. The van der Waals surface area contributed by atoms with Gasteiger partial charge in [-0.15, -0.1) is 0 Å². The molecule has 0 atom stereocenters. The van der Waals surface area contributed by atoms with E-state index in [1.54, 1.807) is 0 Å². The third kappa shape index (κ3) is 77.9. The molecular formula is C86H175N5O13. The molecule has 0 aromatic carbocycles. The number of Topliss-reactive ketones (excluding diaryl/α,β-unsaturated/α-hetero) is 2. The maximum absolute atomic E-state index is 12.0. The third-order valence-corrected chi connectivity index (χ3v) is 16.9. The summed E-state index contributed by atoms with van der Waals surface area (Å²) in [7, 11) is 0. The number of carbonyl (C=O) groups excluding carboxylic acids is 4. The first-order valence-electron chi connectivity index (χ1n) is 40.8. The highest BCUT2D eigenvalue weighted by molar-refractivity contribution is 5.84. The van der Waals surface area contributed by atoms with Gasteiger partial charge >= 0.3 is 0 Å². The second-order valence-corrected chi connectivity index (χ2v) is 39.7. The van der Waals surface area contributed by atoms with E-state index < -0.39 is 0 Å². The number of amides is 2. The molecule has 104 heavy (non-hydrogen) atoms. The van der Waals surface area contributed by atoms with Crippen LogP contribution in [-0.2, 0) is 61.8 Å². The summed E-state index contributed by atoms with van der Waals surface area (Å²) >= 11 is 0. The highest BCUT2D eigenvalue weighted by Crippen LogP contribution is 2.31. The predicted octanol–water partition coefficient (Wildman–Crippen LogP) is 17.8. The Kier molecular flexibility index (Phi) is 57.1. The van der Waals surface area contributed by atoms with Gasteiger partial charge in [0.15, 0.2) is 0 Å². The minimum Gasteiger partial charge on any atom is -0.379 e. The Bertz CT molecular complexity index is 2020. The molecule has 1 aliphatic carbocycles. The van der Waals surface area contributed by atoms with E-state index in [-0.39, 0.29) is 56.9 Å². The molecule has 0 bridgehead atoms. The minimum atomic E-state index is -0.240. The molecule has 1 saturated heterocycles. The molecule has 1 saturated carbocycles. The molecule has 18 nitrogen and oxygen atoms in total. The highest BCUT2D eigenvalue weighted by Gasteiger charge is 2.35. The highest BCUT2D eigenvalue weighted by atomic mass is 16.6. The number of hydrogen-bond acceptors (Lipinski definition) is 16. The van der Waals surface area contributed by atoms with E-state index in [9.17, 15) is 19.2 Å². The number of nitrogens with one attached hydrogen (secondary N) is 3. The van der Waals surface area contributed by atoms with Gasteiger partial charge in [-0.25, -0.2) is 0 Å². The Labute approximate surface area is 643 Å². The standard InChI is InChI=1S/C19H39N3O2.C19H37NO3.2C19H38O4.C10H23N/c1-18(2,3)22-14-12-21(13-15-22)11-7-9-17(23)20-10-8-16-24-19(4,5)6;1-18(2,3)9-7-11-22-16-13-15(14-16)17(21)20-10-8-12-23-19(4,5)6;2*1-18(2,3)10-8-12-22-14-16-23-15-13-21-11-7-9-17(20)19(4,5)6;1-9(2,3)7-8-11-10(4,5)6/h7-16H2,1-6H3,(H,20,23);15-16H,7-14H2,1-6H3,(H,20,21);2*7-16H2,1-6H3;11H,7-8H2,1-6H3. The predicted molar refractivity (Wildman–Crippen MR) is 436 cm³/mol. The van der Waals surface area contributed by atoms with Gasteiger partial charge in [0.2, 0.25) is 11.8 Å². The van der Waals surface area contributed by atoms with Crippen LogP contribution in [0.25, 0.3) is 0 Å². The SMILES string of the molecule is CC(C)(C)CCCOC1CC(C(=O)NCCCOC(C)(C)C)C1.CC(C)(C)CCCOCCOCCOCCCC(=O)C(C)(C)C.CC(C)(C)CCCOCCOCCOCCCC(=O)C(C)(C)C.CC(C)(C)CCNC(C)(C)C.CC(C)(C)OCCCNC(=O)CCCN1CCN(C(C)(C)C)CC1. The van der Waals surface area contributed by atoms with Gasteiger partial charge < -0.3 is 63.5 Å². The van der Waals surface area contributed by atoms with Crippen LogP contribution < -0.4 is 16.0 Å². The topological polar surface area (TPSA) is 194 Å². The maximum Gasteiger partial charge on any atom is 0.223 e. The average Bonchev–Trinajstić information content (AvgIpc) is 0.853. The summed E-state index contributed by atoms with van der Waals surface area (Å²) in [4.78, 5) is 52.3. The van der Waals surface area contributed by atoms with Gasteiger partial charge in [0.1, 0.15) is 11.6 Å². The molecule has 0 radical (unpaired) electrons. The molecule has 622 valence electrons. The number of nitrogens with zero attached hydrogens (tertiary/aromatic N) is 2. The lowest BCUT2D eigenvalue weighted by atomic mass is 9.81. The number of piperazine rings is 1. The quantitative estimate of drug-likeness (QED) is 0.0487. The largest absolute Gasteiger partial charge is 0.379 e. The van der Waals surface area contributed by atoms with Gasteiger partial charge in [0.05, 0.1) is 70.2 Å². The van der Waals surface area contributed by atoms with Crippen LogP contribution in [0, 0.1) is 38.4 Å². The van der Waals surface area contributed by atoms with Crippen LogP contribution in [0.15, 0.2) is 0 Å². The smallest absolute Gasteiger partial charge is 0.223 e. The van der Waals surface area contributed by atoms with Gasteiger partial charge in [-0.3, -0.25) is 24.1 Å². The van der Waals surface area contributed by atoms with Crippen LogP contribution in [-0.4, -0.2) is 213 Å². The maximum atomic E-state index is 12.0. The third-order valence-electron chi connectivity index (χ3n) is 16.9. The molecule has 2 fully saturated rings. The lowest BCUT2D eigenvalue weighted by Gasteiger charge is -2.42. The fraction of sp³-hybridized carbons (Fsp3) is 0.953. The molecule has 3 N–H and O–H groups in total. The van der Waals surface area contributed by atoms with E-state index in [1.165, 1.54) is 25.7 Å². The fourth-order valence-corrected chi connectivity index (χ4v) is 10.2. The molecule has 0 spiro atoms. The molecule has 18 heteroatoms. The van der Waals surface area contributed by atoms with E-state index in [0.29, 0.717) is 145 Å². The van der Waals surface area contributed by atoms with Crippen LogP contribution in [0.1, 0.15) is 317 Å². The van der Waals surface area contributed by atoms with Gasteiger partial charge in [0, 0.05) is 133 Å². The van der Waals surface area contributed by atoms with Crippen LogP contribution >= 0.6 is 0 Å². The Balaban J connectivity index is -0.00000125. The van der Waals surface area contributed by atoms with Crippen molar-refractivity contribution in [2.75, 3.05) is 151 Å². The van der Waals surface area contributed by atoms with Crippen molar-refractivity contribution in [2.45, 2.75) is 345 Å². The first-order chi connectivity index (χ1) is 47.6. The molecule has 0 unspecified atom stereocenters. The van der Waals surface area contributed by atoms with Gasteiger partial charge in [-0.1, -0.05) is 125 Å². The number of rotatable bonds is 45. The van der Waals surface area contributed by atoms with E-state index in [4.69, 9.17) is 42.6 Å². The summed E-state index contributed by atoms with van der Waals surface area (Å²) in [5.41, 5.74) is 1.46. The molecule has 2 rings (SSSR count). The monoisotopic (exact) mass is 1490 g/mol. The van der Waals surface area contributed by atoms with Crippen molar-refractivity contribution >= 4 is 23.4 Å². The Hall–Kier alpha value is -2.20. The summed E-state index contributed by atoms with van der Waals surface area (Å²) < 4.78 is 50.0. The molecule has 0 aromatic heterocycles. The minimum absolute atomic E-state index is 0.0962.